The minimum Gasteiger partial charge on any atom is -0.496 e. The van der Waals surface area contributed by atoms with Crippen LogP contribution < -0.4 is 10.1 Å². The quantitative estimate of drug-likeness (QED) is 0.405. The fourth-order valence-corrected chi connectivity index (χ4v) is 4.03. The molecule has 2 aromatic carbocycles. The van der Waals surface area contributed by atoms with Gasteiger partial charge >= 0.3 is 0 Å². The topological polar surface area (TPSA) is 90.6 Å². The van der Waals surface area contributed by atoms with Crippen LogP contribution in [0.15, 0.2) is 54.9 Å². The van der Waals surface area contributed by atoms with Crippen molar-refractivity contribution in [3.8, 4) is 28.0 Å². The lowest BCUT2D eigenvalue weighted by atomic mass is 9.99. The Bertz CT molecular complexity index is 1440. The SMILES string of the molecule is COc1ccccc1-c1c[nH]c2ncc(-c3cc(F)c(NC(=O)CN(C)C)c(C(=O)N(C)C)c3)cc12. The summed E-state index contributed by atoms with van der Waals surface area (Å²) in [6.45, 7) is 0.0522. The van der Waals surface area contributed by atoms with E-state index in [0.717, 1.165) is 16.5 Å². The van der Waals surface area contributed by atoms with Crippen molar-refractivity contribution in [1.29, 1.82) is 0 Å². The number of fused-ring (bicyclic) bond motifs is 1. The minimum atomic E-state index is -0.705. The Hall–Kier alpha value is -4.24. The van der Waals surface area contributed by atoms with E-state index < -0.39 is 17.6 Å². The number of ether oxygens (including phenoxy) is 1. The number of H-pyrrole nitrogens is 1. The highest BCUT2D eigenvalue weighted by molar-refractivity contribution is 6.05. The smallest absolute Gasteiger partial charge is 0.255 e. The van der Waals surface area contributed by atoms with Gasteiger partial charge in [0.2, 0.25) is 5.91 Å². The number of pyridine rings is 1. The Morgan fingerprint density at radius 3 is 2.50 bits per heavy atom. The molecule has 9 heteroatoms. The summed E-state index contributed by atoms with van der Waals surface area (Å²) in [6, 6.07) is 12.4. The number of likely N-dealkylation sites (N-methyl/N-ethyl adjacent to an activating group) is 1. The molecular formula is C27H28FN5O3. The average Bonchev–Trinajstić information content (AvgIpc) is 3.27. The van der Waals surface area contributed by atoms with E-state index in [-0.39, 0.29) is 17.8 Å². The molecule has 8 nitrogen and oxygen atoms in total. The summed E-state index contributed by atoms with van der Waals surface area (Å²) in [5, 5.41) is 3.38. The number of methoxy groups -OCH3 is 1. The summed E-state index contributed by atoms with van der Waals surface area (Å²) in [6.07, 6.45) is 3.47. The van der Waals surface area contributed by atoms with E-state index in [1.54, 1.807) is 52.5 Å². The van der Waals surface area contributed by atoms with Gasteiger partial charge in [-0.3, -0.25) is 9.59 Å². The fraction of sp³-hybridized carbons (Fsp3) is 0.222. The number of benzene rings is 2. The molecule has 0 unspecified atom stereocenters. The first-order chi connectivity index (χ1) is 17.2. The van der Waals surface area contributed by atoms with Crippen molar-refractivity contribution < 1.29 is 18.7 Å². The van der Waals surface area contributed by atoms with Crippen molar-refractivity contribution in [1.82, 2.24) is 19.8 Å². The molecule has 2 heterocycles. The Morgan fingerprint density at radius 2 is 1.81 bits per heavy atom. The van der Waals surface area contributed by atoms with Gasteiger partial charge in [-0.05, 0) is 43.9 Å². The van der Waals surface area contributed by atoms with Crippen LogP contribution in [0.1, 0.15) is 10.4 Å². The predicted octanol–water partition coefficient (Wildman–Crippen LogP) is 4.25. The van der Waals surface area contributed by atoms with Crippen molar-refractivity contribution in [2.75, 3.05) is 47.2 Å². The van der Waals surface area contributed by atoms with Crippen LogP contribution in [0.3, 0.4) is 0 Å². The number of halogens is 1. The number of rotatable bonds is 7. The highest BCUT2D eigenvalue weighted by Gasteiger charge is 2.22. The van der Waals surface area contributed by atoms with Gasteiger partial charge in [0.25, 0.3) is 5.91 Å². The number of aromatic nitrogens is 2. The average molecular weight is 490 g/mol. The Kier molecular flexibility index (Phi) is 7.03. The molecule has 4 aromatic rings. The maximum Gasteiger partial charge on any atom is 0.255 e. The lowest BCUT2D eigenvalue weighted by Crippen LogP contribution is -2.29. The third-order valence-electron chi connectivity index (χ3n) is 5.71. The van der Waals surface area contributed by atoms with Crippen LogP contribution in [0.4, 0.5) is 10.1 Å². The summed E-state index contributed by atoms with van der Waals surface area (Å²) >= 11 is 0. The van der Waals surface area contributed by atoms with Gasteiger partial charge in [0.05, 0.1) is 24.9 Å². The largest absolute Gasteiger partial charge is 0.496 e. The maximum absolute atomic E-state index is 15.4. The van der Waals surface area contributed by atoms with E-state index in [1.165, 1.54) is 11.0 Å². The number of para-hydroxylation sites is 1. The second-order valence-corrected chi connectivity index (χ2v) is 8.89. The van der Waals surface area contributed by atoms with Crippen molar-refractivity contribution in [3.63, 3.8) is 0 Å². The van der Waals surface area contributed by atoms with E-state index in [1.807, 2.05) is 36.5 Å². The van der Waals surface area contributed by atoms with E-state index in [4.69, 9.17) is 4.74 Å². The fourth-order valence-electron chi connectivity index (χ4n) is 4.03. The lowest BCUT2D eigenvalue weighted by molar-refractivity contribution is -0.116. The number of carbonyl (C=O) groups excluding carboxylic acids is 2. The molecule has 36 heavy (non-hydrogen) atoms. The van der Waals surface area contributed by atoms with Crippen LogP contribution >= 0.6 is 0 Å². The van der Waals surface area contributed by atoms with Gasteiger partial charge in [-0.25, -0.2) is 9.37 Å². The standard InChI is InChI=1S/C27H28FN5O3/c1-32(2)15-24(34)31-25-20(27(35)33(3)4)10-16(12-22(25)28)17-11-19-21(14-30-26(19)29-13-17)18-8-6-7-9-23(18)36-5/h6-14H,15H2,1-5H3,(H,29,30)(H,31,34). The van der Waals surface area contributed by atoms with Crippen molar-refractivity contribution in [3.05, 3.63) is 66.2 Å². The monoisotopic (exact) mass is 489 g/mol. The normalized spacial score (nSPS) is 11.1. The molecule has 2 aromatic heterocycles. The number of amides is 2. The molecule has 0 aliphatic rings. The number of aromatic amines is 1. The maximum atomic E-state index is 15.4. The zero-order valence-corrected chi connectivity index (χ0v) is 20.8. The summed E-state index contributed by atoms with van der Waals surface area (Å²) in [7, 11) is 8.22. The summed E-state index contributed by atoms with van der Waals surface area (Å²) in [5.41, 5.74) is 3.43. The molecule has 0 fully saturated rings. The van der Waals surface area contributed by atoms with Gasteiger partial charge in [-0.15, -0.1) is 0 Å². The molecular weight excluding hydrogens is 461 g/mol. The second kappa shape index (κ2) is 10.2. The Morgan fingerprint density at radius 1 is 1.06 bits per heavy atom. The van der Waals surface area contributed by atoms with Gasteiger partial charge in [-0.2, -0.15) is 0 Å². The predicted molar refractivity (Wildman–Crippen MR) is 139 cm³/mol. The van der Waals surface area contributed by atoms with E-state index in [2.05, 4.69) is 15.3 Å². The van der Waals surface area contributed by atoms with E-state index in [0.29, 0.717) is 22.5 Å². The molecule has 4 rings (SSSR count). The Labute approximate surface area is 208 Å². The highest BCUT2D eigenvalue weighted by Crippen LogP contribution is 2.37. The molecule has 2 amide bonds. The van der Waals surface area contributed by atoms with Crippen LogP contribution in [0, 0.1) is 5.82 Å². The summed E-state index contributed by atoms with van der Waals surface area (Å²) in [5.74, 6) is -0.840. The molecule has 0 atom stereocenters. The second-order valence-electron chi connectivity index (χ2n) is 8.89. The van der Waals surface area contributed by atoms with Crippen LogP contribution in [-0.4, -0.2) is 73.4 Å². The molecule has 0 spiro atoms. The van der Waals surface area contributed by atoms with Crippen LogP contribution in [0.5, 0.6) is 5.75 Å². The molecule has 0 aliphatic heterocycles. The third-order valence-corrected chi connectivity index (χ3v) is 5.71. The van der Waals surface area contributed by atoms with Crippen LogP contribution in [0.25, 0.3) is 33.3 Å². The number of nitrogens with one attached hydrogen (secondary N) is 2. The van der Waals surface area contributed by atoms with Gasteiger partial charge < -0.3 is 24.8 Å². The highest BCUT2D eigenvalue weighted by atomic mass is 19.1. The first-order valence-electron chi connectivity index (χ1n) is 11.3. The molecule has 0 aliphatic carbocycles. The van der Waals surface area contributed by atoms with Gasteiger partial charge in [0, 0.05) is 48.6 Å². The third kappa shape index (κ3) is 4.92. The van der Waals surface area contributed by atoms with Gasteiger partial charge in [0.15, 0.2) is 0 Å². The molecule has 0 radical (unpaired) electrons. The molecule has 2 N–H and O–H groups in total. The molecule has 0 saturated carbocycles. The van der Waals surface area contributed by atoms with Crippen molar-refractivity contribution in [2.24, 2.45) is 0 Å². The van der Waals surface area contributed by atoms with Crippen LogP contribution in [0.2, 0.25) is 0 Å². The van der Waals surface area contributed by atoms with Gasteiger partial charge in [0.1, 0.15) is 17.2 Å². The van der Waals surface area contributed by atoms with E-state index >= 15 is 4.39 Å². The molecule has 0 bridgehead atoms. The number of anilines is 1. The van der Waals surface area contributed by atoms with Crippen LogP contribution in [-0.2, 0) is 4.79 Å². The first-order valence-corrected chi connectivity index (χ1v) is 11.3. The van der Waals surface area contributed by atoms with Gasteiger partial charge in [-0.1, -0.05) is 18.2 Å². The molecule has 186 valence electrons. The zero-order chi connectivity index (χ0) is 26.0. The number of carbonyl (C=O) groups is 2. The number of hydrogen-bond donors (Lipinski definition) is 2. The zero-order valence-electron chi connectivity index (χ0n) is 20.8. The lowest BCUT2D eigenvalue weighted by Gasteiger charge is -2.18. The first kappa shape index (κ1) is 24.9. The van der Waals surface area contributed by atoms with E-state index in [9.17, 15) is 9.59 Å². The number of hydrogen-bond acceptors (Lipinski definition) is 5. The molecule has 0 saturated heterocycles. The Balaban J connectivity index is 1.83. The minimum absolute atomic E-state index is 0.0522. The van der Waals surface area contributed by atoms with Crippen molar-refractivity contribution >= 4 is 28.5 Å². The number of nitrogens with zero attached hydrogens (tertiary/aromatic N) is 3. The summed E-state index contributed by atoms with van der Waals surface area (Å²) in [4.78, 5) is 36.0. The summed E-state index contributed by atoms with van der Waals surface area (Å²) < 4.78 is 20.9. The van der Waals surface area contributed by atoms with Crippen molar-refractivity contribution in [2.45, 2.75) is 0 Å².